The zero-order chi connectivity index (χ0) is 22.5. The van der Waals surface area contributed by atoms with Crippen LogP contribution in [0.3, 0.4) is 0 Å². The summed E-state index contributed by atoms with van der Waals surface area (Å²) in [7, 11) is 0. The van der Waals surface area contributed by atoms with Crippen molar-refractivity contribution in [3.8, 4) is 0 Å². The van der Waals surface area contributed by atoms with Crippen LogP contribution in [0.4, 0.5) is 5.69 Å². The third kappa shape index (κ3) is 4.96. The molecule has 1 aromatic heterocycles. The summed E-state index contributed by atoms with van der Waals surface area (Å²) >= 11 is 0. The summed E-state index contributed by atoms with van der Waals surface area (Å²) in [6.07, 6.45) is 3.82. The number of carbonyl (C=O) groups excluding carboxylic acids is 2. The predicted octanol–water partition coefficient (Wildman–Crippen LogP) is 2.90. The molecule has 8 nitrogen and oxygen atoms in total. The highest BCUT2D eigenvalue weighted by Crippen LogP contribution is 2.18. The molecular weight excluding hydrogens is 406 g/mol. The van der Waals surface area contributed by atoms with Crippen molar-refractivity contribution in [3.05, 3.63) is 82.0 Å². The van der Waals surface area contributed by atoms with Gasteiger partial charge in [-0.05, 0) is 49.6 Å². The second-order valence-corrected chi connectivity index (χ2v) is 8.05. The lowest BCUT2D eigenvalue weighted by atomic mass is 10.1. The van der Waals surface area contributed by atoms with Gasteiger partial charge in [0.05, 0.1) is 6.04 Å². The second kappa shape index (κ2) is 9.64. The van der Waals surface area contributed by atoms with E-state index < -0.39 is 0 Å². The van der Waals surface area contributed by atoms with Gasteiger partial charge in [0.1, 0.15) is 12.4 Å². The molecule has 8 heteroatoms. The molecule has 2 aromatic carbocycles. The maximum absolute atomic E-state index is 12.6. The molecule has 1 atom stereocenters. The first kappa shape index (κ1) is 21.5. The van der Waals surface area contributed by atoms with E-state index in [2.05, 4.69) is 15.7 Å². The first-order valence-corrected chi connectivity index (χ1v) is 10.9. The van der Waals surface area contributed by atoms with Gasteiger partial charge in [0.15, 0.2) is 0 Å². The normalized spacial score (nSPS) is 14.2. The van der Waals surface area contributed by atoms with Crippen LogP contribution in [0.15, 0.2) is 59.4 Å². The Morgan fingerprint density at radius 2 is 1.88 bits per heavy atom. The molecule has 2 amide bonds. The number of anilines is 1. The summed E-state index contributed by atoms with van der Waals surface area (Å²) in [6, 6.07) is 16.0. The van der Waals surface area contributed by atoms with Gasteiger partial charge in [0.25, 0.3) is 5.91 Å². The van der Waals surface area contributed by atoms with Gasteiger partial charge in [-0.1, -0.05) is 36.8 Å². The van der Waals surface area contributed by atoms with Crippen molar-refractivity contribution < 1.29 is 9.59 Å². The molecule has 2 heterocycles. The van der Waals surface area contributed by atoms with E-state index in [1.807, 2.05) is 43.3 Å². The summed E-state index contributed by atoms with van der Waals surface area (Å²) in [6.45, 7) is 2.41. The highest BCUT2D eigenvalue weighted by molar-refractivity contribution is 6.04. The molecule has 0 spiro atoms. The first-order valence-electron chi connectivity index (χ1n) is 10.9. The van der Waals surface area contributed by atoms with Crippen LogP contribution in [0, 0.1) is 0 Å². The molecule has 1 aliphatic rings. The van der Waals surface area contributed by atoms with Crippen LogP contribution >= 0.6 is 0 Å². The topological polar surface area (TPSA) is 98.0 Å². The van der Waals surface area contributed by atoms with E-state index in [0.717, 1.165) is 37.1 Å². The minimum Gasteiger partial charge on any atom is -0.348 e. The van der Waals surface area contributed by atoms with Gasteiger partial charge in [-0.3, -0.25) is 14.2 Å². The van der Waals surface area contributed by atoms with E-state index in [-0.39, 0.29) is 30.1 Å². The van der Waals surface area contributed by atoms with Crippen molar-refractivity contribution >= 4 is 17.5 Å². The summed E-state index contributed by atoms with van der Waals surface area (Å²) in [5.41, 5.74) is 1.84. The molecule has 32 heavy (non-hydrogen) atoms. The third-order valence-corrected chi connectivity index (χ3v) is 5.63. The first-order chi connectivity index (χ1) is 15.5. The van der Waals surface area contributed by atoms with Gasteiger partial charge in [0, 0.05) is 24.2 Å². The second-order valence-electron chi connectivity index (χ2n) is 8.05. The lowest BCUT2D eigenvalue weighted by molar-refractivity contribution is -0.122. The van der Waals surface area contributed by atoms with Crippen molar-refractivity contribution in [2.75, 3.05) is 5.32 Å². The van der Waals surface area contributed by atoms with Crippen LogP contribution in [0.2, 0.25) is 0 Å². The van der Waals surface area contributed by atoms with Crippen LogP contribution < -0.4 is 16.3 Å². The fourth-order valence-corrected chi connectivity index (χ4v) is 3.91. The Labute approximate surface area is 186 Å². The molecule has 1 unspecified atom stereocenters. The number of hydrogen-bond acceptors (Lipinski definition) is 4. The Balaban J connectivity index is 1.39. The van der Waals surface area contributed by atoms with Gasteiger partial charge in [0.2, 0.25) is 5.91 Å². The molecule has 2 N–H and O–H groups in total. The Morgan fingerprint density at radius 1 is 1.06 bits per heavy atom. The minimum atomic E-state index is -0.299. The fraction of sp³-hybridized carbons (Fsp3) is 0.333. The number of hydrogen-bond donors (Lipinski definition) is 2. The number of amides is 2. The standard InChI is InChI=1S/C24H27N5O3/c1-17(19-11-8-12-20(15-19)26-23(31)18-9-4-2-5-10-18)25-22(30)16-29-24(32)28-14-7-3-6-13-21(28)27-29/h2,4-5,8-12,15,17H,3,6-7,13-14,16H2,1H3,(H,25,30)(H,26,31). The van der Waals surface area contributed by atoms with E-state index in [0.29, 0.717) is 17.8 Å². The highest BCUT2D eigenvalue weighted by Gasteiger charge is 2.18. The lowest BCUT2D eigenvalue weighted by Crippen LogP contribution is -2.35. The summed E-state index contributed by atoms with van der Waals surface area (Å²) < 4.78 is 2.93. The highest BCUT2D eigenvalue weighted by atomic mass is 16.2. The molecule has 0 bridgehead atoms. The third-order valence-electron chi connectivity index (χ3n) is 5.63. The summed E-state index contributed by atoms with van der Waals surface area (Å²) in [4.78, 5) is 37.5. The zero-order valence-corrected chi connectivity index (χ0v) is 18.1. The van der Waals surface area contributed by atoms with Gasteiger partial charge in [-0.2, -0.15) is 5.10 Å². The molecule has 0 saturated heterocycles. The SMILES string of the molecule is CC(NC(=O)Cn1nc2n(c1=O)CCCCC2)c1cccc(NC(=O)c2ccccc2)c1. The van der Waals surface area contributed by atoms with Crippen LogP contribution in [0.5, 0.6) is 0 Å². The fourth-order valence-electron chi connectivity index (χ4n) is 3.91. The summed E-state index contributed by atoms with van der Waals surface area (Å²) in [5, 5.41) is 10.2. The van der Waals surface area contributed by atoms with E-state index in [1.165, 1.54) is 4.68 Å². The van der Waals surface area contributed by atoms with E-state index in [4.69, 9.17) is 0 Å². The molecule has 3 aromatic rings. The lowest BCUT2D eigenvalue weighted by Gasteiger charge is -2.15. The minimum absolute atomic E-state index is 0.117. The number of aromatic nitrogens is 3. The molecule has 0 radical (unpaired) electrons. The average Bonchev–Trinajstić information content (AvgIpc) is 2.94. The van der Waals surface area contributed by atoms with Crippen LogP contribution in [-0.2, 0) is 24.3 Å². The molecule has 4 rings (SSSR count). The summed E-state index contributed by atoms with van der Waals surface area (Å²) in [5.74, 6) is 0.278. The van der Waals surface area contributed by atoms with E-state index in [1.54, 1.807) is 22.8 Å². The Morgan fingerprint density at radius 3 is 2.69 bits per heavy atom. The van der Waals surface area contributed by atoms with Crippen molar-refractivity contribution in [2.45, 2.75) is 51.7 Å². The van der Waals surface area contributed by atoms with Gasteiger partial charge in [-0.25, -0.2) is 9.48 Å². The van der Waals surface area contributed by atoms with Gasteiger partial charge >= 0.3 is 5.69 Å². The Hall–Kier alpha value is -3.68. The van der Waals surface area contributed by atoms with Crippen molar-refractivity contribution in [1.29, 1.82) is 0 Å². The number of benzene rings is 2. The zero-order valence-electron chi connectivity index (χ0n) is 18.1. The quantitative estimate of drug-likeness (QED) is 0.625. The number of carbonyl (C=O) groups is 2. The average molecular weight is 434 g/mol. The predicted molar refractivity (Wildman–Crippen MR) is 121 cm³/mol. The smallest absolute Gasteiger partial charge is 0.346 e. The molecular formula is C24H27N5O3. The largest absolute Gasteiger partial charge is 0.348 e. The molecule has 0 fully saturated rings. The molecule has 0 aliphatic carbocycles. The van der Waals surface area contributed by atoms with Gasteiger partial charge < -0.3 is 10.6 Å². The number of nitrogens with zero attached hydrogens (tertiary/aromatic N) is 3. The molecule has 166 valence electrons. The van der Waals surface area contributed by atoms with Crippen LogP contribution in [-0.4, -0.2) is 26.2 Å². The number of nitrogens with one attached hydrogen (secondary N) is 2. The van der Waals surface area contributed by atoms with Crippen molar-refractivity contribution in [1.82, 2.24) is 19.7 Å². The maximum Gasteiger partial charge on any atom is 0.346 e. The molecule has 1 aliphatic heterocycles. The van der Waals surface area contributed by atoms with Crippen molar-refractivity contribution in [3.63, 3.8) is 0 Å². The van der Waals surface area contributed by atoms with Crippen molar-refractivity contribution in [2.24, 2.45) is 0 Å². The van der Waals surface area contributed by atoms with E-state index >= 15 is 0 Å². The Bertz CT molecular complexity index is 1170. The number of rotatable bonds is 6. The van der Waals surface area contributed by atoms with Gasteiger partial charge in [-0.15, -0.1) is 0 Å². The maximum atomic E-state index is 12.6. The van der Waals surface area contributed by atoms with E-state index in [9.17, 15) is 14.4 Å². The Kier molecular flexibility index (Phi) is 6.49. The van der Waals surface area contributed by atoms with Crippen LogP contribution in [0.1, 0.15) is 54.0 Å². The monoisotopic (exact) mass is 433 g/mol. The van der Waals surface area contributed by atoms with Crippen LogP contribution in [0.25, 0.3) is 0 Å². The number of aryl methyl sites for hydroxylation is 1. The molecule has 0 saturated carbocycles. The number of fused-ring (bicyclic) bond motifs is 1.